The summed E-state index contributed by atoms with van der Waals surface area (Å²) in [4.78, 5) is 4.07. The molecule has 0 aliphatic heterocycles. The Hall–Kier alpha value is -1.82. The number of nitrogens with zero attached hydrogens (tertiary/aromatic N) is 1. The third-order valence-electron chi connectivity index (χ3n) is 2.96. The minimum Gasteiger partial charge on any atom is -0.497 e. The average Bonchev–Trinajstić information content (AvgIpc) is 2.49. The van der Waals surface area contributed by atoms with E-state index < -0.39 is 0 Å². The molecule has 1 aromatic heterocycles. The number of nitrogens with one attached hydrogen (secondary N) is 1. The molecule has 0 amide bonds. The highest BCUT2D eigenvalue weighted by Crippen LogP contribution is 2.29. The second-order valence-corrected chi connectivity index (χ2v) is 4.55. The number of methoxy groups -OCH3 is 2. The molecule has 3 N–H and O–H groups in total. The van der Waals surface area contributed by atoms with E-state index in [9.17, 15) is 0 Å². The molecule has 20 heavy (non-hydrogen) atoms. The van der Waals surface area contributed by atoms with E-state index in [1.807, 2.05) is 18.2 Å². The minimum absolute atomic E-state index is 0.233. The number of halogens is 1. The summed E-state index contributed by atoms with van der Waals surface area (Å²) in [5, 5.41) is 0.438. The van der Waals surface area contributed by atoms with Gasteiger partial charge in [-0.25, -0.2) is 10.4 Å². The van der Waals surface area contributed by atoms with Crippen LogP contribution in [0.25, 0.3) is 0 Å². The molecule has 106 valence electrons. The smallest absolute Gasteiger partial charge is 0.129 e. The topological polar surface area (TPSA) is 69.4 Å². The molecule has 0 aliphatic rings. The molecule has 1 heterocycles. The van der Waals surface area contributed by atoms with Crippen LogP contribution >= 0.6 is 11.6 Å². The van der Waals surface area contributed by atoms with E-state index in [-0.39, 0.29) is 6.04 Å². The molecule has 1 atom stereocenters. The van der Waals surface area contributed by atoms with Crippen molar-refractivity contribution >= 4 is 11.6 Å². The maximum Gasteiger partial charge on any atom is 0.129 e. The molecule has 0 saturated carbocycles. The molecule has 1 aromatic carbocycles. The van der Waals surface area contributed by atoms with Crippen molar-refractivity contribution in [2.75, 3.05) is 14.2 Å². The van der Waals surface area contributed by atoms with Crippen LogP contribution in [0, 0.1) is 0 Å². The van der Waals surface area contributed by atoms with Crippen molar-refractivity contribution < 1.29 is 9.47 Å². The summed E-state index contributed by atoms with van der Waals surface area (Å²) in [5.74, 6) is 7.06. The number of hydrazine groups is 1. The number of ether oxygens (including phenoxy) is 2. The standard InChI is InChI=1S/C14H16ClN3O2/c1-19-11-5-10(6-12(7-11)20-2)14(18-16)9-3-4-13(15)17-8-9/h3-8,14,18H,16H2,1-2H3. The quantitative estimate of drug-likeness (QED) is 0.503. The fraction of sp³-hybridized carbons (Fsp3) is 0.214. The second kappa shape index (κ2) is 6.56. The van der Waals surface area contributed by atoms with Gasteiger partial charge in [0.05, 0.1) is 20.3 Å². The van der Waals surface area contributed by atoms with Crippen LogP contribution in [0.1, 0.15) is 17.2 Å². The number of hydrogen-bond acceptors (Lipinski definition) is 5. The first-order valence-corrected chi connectivity index (χ1v) is 6.36. The van der Waals surface area contributed by atoms with Gasteiger partial charge >= 0.3 is 0 Å². The van der Waals surface area contributed by atoms with Gasteiger partial charge in [0, 0.05) is 12.3 Å². The van der Waals surface area contributed by atoms with Gasteiger partial charge in [-0.15, -0.1) is 0 Å². The fourth-order valence-corrected chi connectivity index (χ4v) is 2.05. The fourth-order valence-electron chi connectivity index (χ4n) is 1.94. The third-order valence-corrected chi connectivity index (χ3v) is 3.18. The summed E-state index contributed by atoms with van der Waals surface area (Å²) in [5.41, 5.74) is 4.57. The van der Waals surface area contributed by atoms with Crippen LogP contribution in [0.2, 0.25) is 5.15 Å². The Morgan fingerprint density at radius 3 is 2.20 bits per heavy atom. The first-order chi connectivity index (χ1) is 9.67. The van der Waals surface area contributed by atoms with Crippen molar-refractivity contribution in [3.63, 3.8) is 0 Å². The zero-order chi connectivity index (χ0) is 14.5. The summed E-state index contributed by atoms with van der Waals surface area (Å²) < 4.78 is 10.5. The molecule has 5 nitrogen and oxygen atoms in total. The van der Waals surface area contributed by atoms with Crippen molar-refractivity contribution in [2.24, 2.45) is 5.84 Å². The Bertz CT molecular complexity index is 553. The predicted molar refractivity (Wildman–Crippen MR) is 78.0 cm³/mol. The van der Waals surface area contributed by atoms with E-state index in [1.54, 1.807) is 32.5 Å². The van der Waals surface area contributed by atoms with Gasteiger partial charge in [-0.2, -0.15) is 0 Å². The van der Waals surface area contributed by atoms with Crippen molar-refractivity contribution in [1.29, 1.82) is 0 Å². The highest BCUT2D eigenvalue weighted by atomic mass is 35.5. The lowest BCUT2D eigenvalue weighted by molar-refractivity contribution is 0.392. The first kappa shape index (κ1) is 14.6. The van der Waals surface area contributed by atoms with Crippen LogP contribution in [0.4, 0.5) is 0 Å². The maximum atomic E-state index is 5.80. The van der Waals surface area contributed by atoms with Gasteiger partial charge in [0.15, 0.2) is 0 Å². The van der Waals surface area contributed by atoms with E-state index in [0.29, 0.717) is 16.7 Å². The molecular formula is C14H16ClN3O2. The van der Waals surface area contributed by atoms with Gasteiger partial charge < -0.3 is 9.47 Å². The zero-order valence-corrected chi connectivity index (χ0v) is 12.0. The molecular weight excluding hydrogens is 278 g/mol. The van der Waals surface area contributed by atoms with Crippen LogP contribution in [0.3, 0.4) is 0 Å². The molecule has 0 bridgehead atoms. The number of hydrogen-bond donors (Lipinski definition) is 2. The molecule has 1 unspecified atom stereocenters. The van der Waals surface area contributed by atoms with Crippen LogP contribution in [-0.4, -0.2) is 19.2 Å². The Morgan fingerprint density at radius 2 is 1.75 bits per heavy atom. The SMILES string of the molecule is COc1cc(OC)cc(C(NN)c2ccc(Cl)nc2)c1. The first-order valence-electron chi connectivity index (χ1n) is 5.98. The Labute approximate surface area is 122 Å². The van der Waals surface area contributed by atoms with Gasteiger partial charge in [-0.1, -0.05) is 17.7 Å². The lowest BCUT2D eigenvalue weighted by Crippen LogP contribution is -2.29. The normalized spacial score (nSPS) is 12.0. The molecule has 0 saturated heterocycles. The lowest BCUT2D eigenvalue weighted by atomic mass is 10.0. The summed E-state index contributed by atoms with van der Waals surface area (Å²) in [6.45, 7) is 0. The van der Waals surface area contributed by atoms with Crippen molar-refractivity contribution in [3.8, 4) is 11.5 Å². The Balaban J connectivity index is 2.42. The highest BCUT2D eigenvalue weighted by Gasteiger charge is 2.15. The maximum absolute atomic E-state index is 5.80. The number of benzene rings is 1. The van der Waals surface area contributed by atoms with Crippen molar-refractivity contribution in [1.82, 2.24) is 10.4 Å². The van der Waals surface area contributed by atoms with Gasteiger partial charge in [-0.05, 0) is 29.3 Å². The molecule has 2 aromatic rings. The zero-order valence-electron chi connectivity index (χ0n) is 11.3. The van der Waals surface area contributed by atoms with E-state index in [1.165, 1.54) is 0 Å². The van der Waals surface area contributed by atoms with Crippen LogP contribution in [0.5, 0.6) is 11.5 Å². The van der Waals surface area contributed by atoms with Gasteiger partial charge in [0.2, 0.25) is 0 Å². The number of pyridine rings is 1. The van der Waals surface area contributed by atoms with Gasteiger partial charge in [-0.3, -0.25) is 5.84 Å². The highest BCUT2D eigenvalue weighted by molar-refractivity contribution is 6.29. The third kappa shape index (κ3) is 3.19. The average molecular weight is 294 g/mol. The van der Waals surface area contributed by atoms with E-state index >= 15 is 0 Å². The summed E-state index contributed by atoms with van der Waals surface area (Å²) in [6, 6.07) is 8.94. The minimum atomic E-state index is -0.233. The Morgan fingerprint density at radius 1 is 1.10 bits per heavy atom. The van der Waals surface area contributed by atoms with Gasteiger partial charge in [0.1, 0.15) is 16.7 Å². The predicted octanol–water partition coefficient (Wildman–Crippen LogP) is 2.30. The van der Waals surface area contributed by atoms with E-state index in [4.69, 9.17) is 26.9 Å². The summed E-state index contributed by atoms with van der Waals surface area (Å²) in [7, 11) is 3.21. The monoisotopic (exact) mass is 293 g/mol. The van der Waals surface area contributed by atoms with Crippen molar-refractivity contribution in [2.45, 2.75) is 6.04 Å². The molecule has 6 heteroatoms. The largest absolute Gasteiger partial charge is 0.497 e. The Kier molecular flexibility index (Phi) is 4.79. The van der Waals surface area contributed by atoms with Crippen LogP contribution < -0.4 is 20.7 Å². The number of nitrogens with two attached hydrogens (primary N) is 1. The van der Waals surface area contributed by atoms with Crippen LogP contribution in [-0.2, 0) is 0 Å². The van der Waals surface area contributed by atoms with E-state index in [0.717, 1.165) is 11.1 Å². The van der Waals surface area contributed by atoms with Crippen molar-refractivity contribution in [3.05, 3.63) is 52.8 Å². The molecule has 0 aliphatic carbocycles. The summed E-state index contributed by atoms with van der Waals surface area (Å²) >= 11 is 5.80. The van der Waals surface area contributed by atoms with Gasteiger partial charge in [0.25, 0.3) is 0 Å². The number of rotatable bonds is 5. The molecule has 0 spiro atoms. The molecule has 0 fully saturated rings. The molecule has 2 rings (SSSR count). The summed E-state index contributed by atoms with van der Waals surface area (Å²) in [6.07, 6.45) is 1.68. The van der Waals surface area contributed by atoms with Crippen LogP contribution in [0.15, 0.2) is 36.5 Å². The van der Waals surface area contributed by atoms with E-state index in [2.05, 4.69) is 10.4 Å². The lowest BCUT2D eigenvalue weighted by Gasteiger charge is -2.18. The number of aromatic nitrogens is 1. The second-order valence-electron chi connectivity index (χ2n) is 4.16. The molecule has 0 radical (unpaired) electrons.